The third-order valence-electron chi connectivity index (χ3n) is 4.71. The van der Waals surface area contributed by atoms with Crippen molar-refractivity contribution in [1.29, 1.82) is 0 Å². The van der Waals surface area contributed by atoms with Gasteiger partial charge in [-0.25, -0.2) is 5.43 Å². The lowest BCUT2D eigenvalue weighted by Gasteiger charge is -2.25. The number of guanidine groups is 1. The molecule has 0 saturated carbocycles. The van der Waals surface area contributed by atoms with Crippen LogP contribution in [0.5, 0.6) is 0 Å². The quantitative estimate of drug-likeness (QED) is 0.581. The number of hydrazone groups is 1. The van der Waals surface area contributed by atoms with E-state index in [0.717, 1.165) is 32.4 Å². The van der Waals surface area contributed by atoms with Gasteiger partial charge in [-0.2, -0.15) is 0 Å². The minimum atomic E-state index is 0.523. The summed E-state index contributed by atoms with van der Waals surface area (Å²) in [6.07, 6.45) is 11.1. The van der Waals surface area contributed by atoms with Crippen LogP contribution in [-0.2, 0) is 6.54 Å². The average Bonchev–Trinajstić information content (AvgIpc) is 3.20. The largest absolute Gasteiger partial charge is 0.397 e. The van der Waals surface area contributed by atoms with E-state index in [1.54, 1.807) is 9.85 Å². The van der Waals surface area contributed by atoms with Crippen molar-refractivity contribution in [3.05, 3.63) is 18.0 Å². The molecular weight excluding hydrogens is 332 g/mol. The summed E-state index contributed by atoms with van der Waals surface area (Å²) in [7, 11) is 1.90. The fourth-order valence-corrected chi connectivity index (χ4v) is 3.31. The van der Waals surface area contributed by atoms with Crippen molar-refractivity contribution in [2.24, 2.45) is 10.8 Å². The van der Waals surface area contributed by atoms with Crippen LogP contribution in [0.2, 0.25) is 0 Å². The van der Waals surface area contributed by atoms with Gasteiger partial charge in [-0.1, -0.05) is 6.42 Å². The van der Waals surface area contributed by atoms with Gasteiger partial charge in [0.2, 0.25) is 5.96 Å². The summed E-state index contributed by atoms with van der Waals surface area (Å²) in [5, 5.41) is 12.1. The van der Waals surface area contributed by atoms with Crippen LogP contribution in [0.25, 0.3) is 0 Å². The van der Waals surface area contributed by atoms with Crippen LogP contribution in [0.3, 0.4) is 0 Å². The molecule has 3 heterocycles. The molecule has 0 amide bonds. The molecule has 9 nitrogen and oxygen atoms in total. The molecule has 0 radical (unpaired) electrons. The van der Waals surface area contributed by atoms with E-state index in [2.05, 4.69) is 20.5 Å². The molecule has 0 unspecified atom stereocenters. The SMILES string of the molecule is CN1CN(NCCCCCOn2cc(CN3CCCCC3)cn2)C(N)=N1. The zero-order chi connectivity index (χ0) is 18.2. The fourth-order valence-electron chi connectivity index (χ4n) is 3.31. The summed E-state index contributed by atoms with van der Waals surface area (Å²) in [4.78, 5) is 9.80. The van der Waals surface area contributed by atoms with E-state index in [4.69, 9.17) is 10.6 Å². The zero-order valence-electron chi connectivity index (χ0n) is 15.8. The Balaban J connectivity index is 1.22. The van der Waals surface area contributed by atoms with Gasteiger partial charge >= 0.3 is 0 Å². The van der Waals surface area contributed by atoms with Gasteiger partial charge < -0.3 is 10.6 Å². The maximum Gasteiger partial charge on any atom is 0.230 e. The molecule has 3 N–H and O–H groups in total. The van der Waals surface area contributed by atoms with Crippen molar-refractivity contribution in [2.45, 2.75) is 45.1 Å². The smallest absolute Gasteiger partial charge is 0.230 e. The third kappa shape index (κ3) is 5.77. The first-order valence-corrected chi connectivity index (χ1v) is 9.66. The molecule has 1 saturated heterocycles. The summed E-state index contributed by atoms with van der Waals surface area (Å²) in [6, 6.07) is 0. The molecule has 1 aromatic rings. The number of nitrogens with one attached hydrogen (secondary N) is 1. The molecule has 146 valence electrons. The van der Waals surface area contributed by atoms with E-state index in [1.807, 2.05) is 24.5 Å². The Morgan fingerprint density at radius 2 is 2.04 bits per heavy atom. The molecule has 2 aliphatic rings. The molecule has 3 rings (SSSR count). The van der Waals surface area contributed by atoms with E-state index in [9.17, 15) is 0 Å². The van der Waals surface area contributed by atoms with E-state index in [-0.39, 0.29) is 0 Å². The molecule has 0 aliphatic carbocycles. The Hall–Kier alpha value is -2.00. The Bertz CT molecular complexity index is 569. The summed E-state index contributed by atoms with van der Waals surface area (Å²) < 4.78 is 0. The standard InChI is InChI=1S/C17H32N8O/c1-22-15-24(17(18)21-22)19-8-4-2-7-11-26-25-14-16(12-20-25)13-23-9-5-3-6-10-23/h12,14,19H,2-11,13,15H2,1H3,(H2,18,21). The van der Waals surface area contributed by atoms with E-state index in [1.165, 1.54) is 37.9 Å². The molecule has 0 aromatic carbocycles. The van der Waals surface area contributed by atoms with Crippen LogP contribution in [0.4, 0.5) is 0 Å². The lowest BCUT2D eigenvalue weighted by molar-refractivity contribution is 0.0788. The number of unbranched alkanes of at least 4 members (excludes halogenated alkanes) is 2. The highest BCUT2D eigenvalue weighted by Crippen LogP contribution is 2.12. The first-order valence-electron chi connectivity index (χ1n) is 9.66. The van der Waals surface area contributed by atoms with E-state index >= 15 is 0 Å². The van der Waals surface area contributed by atoms with Gasteiger partial charge in [0.25, 0.3) is 0 Å². The van der Waals surface area contributed by atoms with Crippen LogP contribution >= 0.6 is 0 Å². The molecular formula is C17H32N8O. The number of hydrogen-bond donors (Lipinski definition) is 2. The Morgan fingerprint density at radius 3 is 2.81 bits per heavy atom. The monoisotopic (exact) mass is 364 g/mol. The van der Waals surface area contributed by atoms with Crippen LogP contribution in [0.1, 0.15) is 44.1 Å². The number of likely N-dealkylation sites (tertiary alicyclic amines) is 1. The minimum absolute atomic E-state index is 0.523. The summed E-state index contributed by atoms with van der Waals surface area (Å²) in [5.41, 5.74) is 10.3. The molecule has 1 fully saturated rings. The van der Waals surface area contributed by atoms with Crippen LogP contribution in [0, 0.1) is 0 Å². The Morgan fingerprint density at radius 1 is 1.19 bits per heavy atom. The topological polar surface area (TPSA) is 87.2 Å². The summed E-state index contributed by atoms with van der Waals surface area (Å²) in [6.45, 7) is 5.63. The fraction of sp³-hybridized carbons (Fsp3) is 0.765. The van der Waals surface area contributed by atoms with Crippen molar-refractivity contribution in [2.75, 3.05) is 40.0 Å². The number of nitrogens with zero attached hydrogens (tertiary/aromatic N) is 6. The van der Waals surface area contributed by atoms with E-state index in [0.29, 0.717) is 19.2 Å². The molecule has 0 atom stereocenters. The first kappa shape index (κ1) is 18.8. The number of piperidine rings is 1. The Labute approximate surface area is 155 Å². The minimum Gasteiger partial charge on any atom is -0.397 e. The van der Waals surface area contributed by atoms with Gasteiger partial charge in [-0.15, -0.1) is 15.0 Å². The van der Waals surface area contributed by atoms with Crippen molar-refractivity contribution >= 4 is 5.96 Å². The second-order valence-corrected chi connectivity index (χ2v) is 7.08. The number of aromatic nitrogens is 2. The summed E-state index contributed by atoms with van der Waals surface area (Å²) in [5.74, 6) is 0.523. The van der Waals surface area contributed by atoms with Gasteiger partial charge in [-0.3, -0.25) is 14.9 Å². The van der Waals surface area contributed by atoms with Gasteiger partial charge in [0, 0.05) is 25.7 Å². The average molecular weight is 364 g/mol. The van der Waals surface area contributed by atoms with Crippen LogP contribution in [-0.4, -0.2) is 70.8 Å². The lowest BCUT2D eigenvalue weighted by atomic mass is 10.1. The number of rotatable bonds is 10. The highest BCUT2D eigenvalue weighted by molar-refractivity contribution is 5.78. The van der Waals surface area contributed by atoms with Crippen molar-refractivity contribution in [3.8, 4) is 0 Å². The van der Waals surface area contributed by atoms with Crippen LogP contribution < -0.4 is 16.0 Å². The maximum absolute atomic E-state index is 5.80. The molecule has 1 aromatic heterocycles. The predicted molar refractivity (Wildman–Crippen MR) is 101 cm³/mol. The predicted octanol–water partition coefficient (Wildman–Crippen LogP) is 0.407. The Kier molecular flexibility index (Phi) is 6.96. The second-order valence-electron chi connectivity index (χ2n) is 7.08. The van der Waals surface area contributed by atoms with Crippen molar-refractivity contribution in [1.82, 2.24) is 30.3 Å². The van der Waals surface area contributed by atoms with Crippen molar-refractivity contribution < 1.29 is 4.84 Å². The molecule has 26 heavy (non-hydrogen) atoms. The number of hydrogen-bond acceptors (Lipinski definition) is 8. The molecule has 2 aliphatic heterocycles. The van der Waals surface area contributed by atoms with Gasteiger partial charge in [0.05, 0.1) is 12.4 Å². The zero-order valence-corrected chi connectivity index (χ0v) is 15.8. The number of hydrazine groups is 1. The molecule has 0 spiro atoms. The van der Waals surface area contributed by atoms with Crippen LogP contribution in [0.15, 0.2) is 17.5 Å². The highest BCUT2D eigenvalue weighted by Gasteiger charge is 2.16. The molecule has 9 heteroatoms. The summed E-state index contributed by atoms with van der Waals surface area (Å²) >= 11 is 0. The second kappa shape index (κ2) is 9.63. The van der Waals surface area contributed by atoms with Gasteiger partial charge in [-0.05, 0) is 45.2 Å². The van der Waals surface area contributed by atoms with Gasteiger partial charge in [0.15, 0.2) is 0 Å². The van der Waals surface area contributed by atoms with E-state index < -0.39 is 0 Å². The third-order valence-corrected chi connectivity index (χ3v) is 4.71. The maximum atomic E-state index is 5.80. The lowest BCUT2D eigenvalue weighted by Crippen LogP contribution is -2.45. The van der Waals surface area contributed by atoms with Gasteiger partial charge in [0.1, 0.15) is 13.3 Å². The number of nitrogens with two attached hydrogens (primary N) is 1. The molecule has 0 bridgehead atoms. The first-order chi connectivity index (χ1) is 12.7. The normalized spacial score (nSPS) is 18.4. The van der Waals surface area contributed by atoms with Crippen molar-refractivity contribution in [3.63, 3.8) is 0 Å². The highest BCUT2D eigenvalue weighted by atomic mass is 16.7.